The Morgan fingerprint density at radius 2 is 1.80 bits per heavy atom. The van der Waals surface area contributed by atoms with Crippen molar-refractivity contribution in [2.45, 2.75) is 31.1 Å². The standard InChI is InChI=1S/C13H9ClF6O4S/c1-2-7-10(24-25(21,22)13(18,19)20)8-5-6(14)3-4-9(8)23-11(7)12(15,16)17/h3-5,11H,2H2,1H3. The first-order valence-electron chi connectivity index (χ1n) is 6.55. The number of hydrogen-bond donors (Lipinski definition) is 0. The van der Waals surface area contributed by atoms with E-state index >= 15 is 0 Å². The Bertz CT molecular complexity index is 813. The maximum atomic E-state index is 13.2. The van der Waals surface area contributed by atoms with Crippen LogP contribution in [-0.4, -0.2) is 26.2 Å². The van der Waals surface area contributed by atoms with Gasteiger partial charge in [0.05, 0.1) is 5.56 Å². The topological polar surface area (TPSA) is 52.6 Å². The molecule has 0 spiro atoms. The van der Waals surface area contributed by atoms with Crippen molar-refractivity contribution in [2.75, 3.05) is 0 Å². The number of hydrogen-bond acceptors (Lipinski definition) is 4. The van der Waals surface area contributed by atoms with E-state index in [1.165, 1.54) is 6.92 Å². The van der Waals surface area contributed by atoms with E-state index in [2.05, 4.69) is 4.18 Å². The molecule has 1 aromatic rings. The molecule has 25 heavy (non-hydrogen) atoms. The van der Waals surface area contributed by atoms with Gasteiger partial charge in [-0.2, -0.15) is 34.8 Å². The third-order valence-electron chi connectivity index (χ3n) is 3.19. The molecule has 4 nitrogen and oxygen atoms in total. The molecule has 140 valence electrons. The molecule has 2 rings (SSSR count). The van der Waals surface area contributed by atoms with Crippen LogP contribution in [-0.2, 0) is 14.3 Å². The third kappa shape index (κ3) is 3.81. The highest BCUT2D eigenvalue weighted by Crippen LogP contribution is 2.45. The molecule has 1 unspecified atom stereocenters. The molecular weight excluding hydrogens is 402 g/mol. The van der Waals surface area contributed by atoms with Crippen LogP contribution in [0.1, 0.15) is 18.9 Å². The monoisotopic (exact) mass is 410 g/mol. The number of halogens is 7. The van der Waals surface area contributed by atoms with Gasteiger partial charge >= 0.3 is 21.8 Å². The molecule has 12 heteroatoms. The van der Waals surface area contributed by atoms with Gasteiger partial charge in [0.25, 0.3) is 0 Å². The SMILES string of the molecule is CCC1=C(OS(=O)(=O)C(F)(F)F)c2cc(Cl)ccc2OC1C(F)(F)F. The second-order valence-electron chi connectivity index (χ2n) is 4.87. The minimum atomic E-state index is -6.19. The van der Waals surface area contributed by atoms with Gasteiger partial charge in [0.15, 0.2) is 5.76 Å². The second kappa shape index (κ2) is 6.27. The highest BCUT2D eigenvalue weighted by atomic mass is 35.5. The lowest BCUT2D eigenvalue weighted by molar-refractivity contribution is -0.184. The van der Waals surface area contributed by atoms with Crippen LogP contribution in [0.4, 0.5) is 26.3 Å². The number of rotatable bonds is 3. The summed E-state index contributed by atoms with van der Waals surface area (Å²) in [5, 5.41) is -0.0613. The summed E-state index contributed by atoms with van der Waals surface area (Å²) in [6, 6.07) is 3.08. The molecule has 0 saturated carbocycles. The van der Waals surface area contributed by atoms with E-state index in [0.717, 1.165) is 18.2 Å². The average molecular weight is 411 g/mol. The molecule has 0 amide bonds. The smallest absolute Gasteiger partial charge is 0.476 e. The van der Waals surface area contributed by atoms with Crippen LogP contribution >= 0.6 is 11.6 Å². The Morgan fingerprint density at radius 1 is 1.20 bits per heavy atom. The van der Waals surface area contributed by atoms with Gasteiger partial charge < -0.3 is 8.92 Å². The molecule has 1 aliphatic rings. The van der Waals surface area contributed by atoms with Crippen molar-refractivity contribution in [1.82, 2.24) is 0 Å². The highest BCUT2D eigenvalue weighted by molar-refractivity contribution is 7.87. The van der Waals surface area contributed by atoms with E-state index in [1.54, 1.807) is 0 Å². The Balaban J connectivity index is 2.71. The number of alkyl halides is 6. The van der Waals surface area contributed by atoms with Crippen LogP contribution in [0.3, 0.4) is 0 Å². The van der Waals surface area contributed by atoms with Gasteiger partial charge in [0.2, 0.25) is 6.10 Å². The van der Waals surface area contributed by atoms with Gasteiger partial charge in [0, 0.05) is 10.6 Å². The molecule has 0 saturated heterocycles. The van der Waals surface area contributed by atoms with Crippen LogP contribution in [0.5, 0.6) is 5.75 Å². The molecule has 1 aromatic carbocycles. The first-order chi connectivity index (χ1) is 11.3. The summed E-state index contributed by atoms with van der Waals surface area (Å²) < 4.78 is 109. The molecule has 1 atom stereocenters. The summed E-state index contributed by atoms with van der Waals surface area (Å²) in [4.78, 5) is 0. The number of fused-ring (bicyclic) bond motifs is 1. The molecule has 1 heterocycles. The maximum Gasteiger partial charge on any atom is 0.534 e. The Labute approximate surface area is 143 Å². The van der Waals surface area contributed by atoms with E-state index in [4.69, 9.17) is 16.3 Å². The van der Waals surface area contributed by atoms with Gasteiger partial charge in [-0.25, -0.2) is 0 Å². The lowest BCUT2D eigenvalue weighted by atomic mass is 9.97. The van der Waals surface area contributed by atoms with Crippen LogP contribution in [0.2, 0.25) is 5.02 Å². The summed E-state index contributed by atoms with van der Waals surface area (Å²) >= 11 is 5.69. The van der Waals surface area contributed by atoms with Crippen molar-refractivity contribution in [2.24, 2.45) is 0 Å². The number of benzene rings is 1. The Kier molecular flexibility index (Phi) is 4.94. The molecule has 1 aliphatic heterocycles. The van der Waals surface area contributed by atoms with E-state index in [-0.39, 0.29) is 5.02 Å². The van der Waals surface area contributed by atoms with Gasteiger partial charge in [0.1, 0.15) is 5.75 Å². The van der Waals surface area contributed by atoms with Crippen molar-refractivity contribution in [3.63, 3.8) is 0 Å². The van der Waals surface area contributed by atoms with E-state index in [0.29, 0.717) is 0 Å². The zero-order valence-corrected chi connectivity index (χ0v) is 13.8. The second-order valence-corrected chi connectivity index (χ2v) is 6.85. The predicted molar refractivity (Wildman–Crippen MR) is 75.2 cm³/mol. The minimum absolute atomic E-state index is 0.0613. The lowest BCUT2D eigenvalue weighted by Crippen LogP contribution is -2.39. The fourth-order valence-corrected chi connectivity index (χ4v) is 2.82. The summed E-state index contributed by atoms with van der Waals surface area (Å²) in [6.07, 6.45) is -8.12. The van der Waals surface area contributed by atoms with Crippen molar-refractivity contribution in [1.29, 1.82) is 0 Å². The lowest BCUT2D eigenvalue weighted by Gasteiger charge is -2.31. The third-order valence-corrected chi connectivity index (χ3v) is 4.38. The van der Waals surface area contributed by atoms with Crippen LogP contribution in [0.15, 0.2) is 23.8 Å². The van der Waals surface area contributed by atoms with E-state index in [1.807, 2.05) is 0 Å². The molecule has 0 fully saturated rings. The van der Waals surface area contributed by atoms with Crippen molar-refractivity contribution < 1.29 is 43.7 Å². The molecule has 0 N–H and O–H groups in total. The van der Waals surface area contributed by atoms with Crippen LogP contribution in [0.25, 0.3) is 5.76 Å². The van der Waals surface area contributed by atoms with Crippen molar-refractivity contribution in [3.05, 3.63) is 34.4 Å². The largest absolute Gasteiger partial charge is 0.534 e. The zero-order chi connectivity index (χ0) is 19.2. The quantitative estimate of drug-likeness (QED) is 0.413. The first kappa shape index (κ1) is 19.7. The Morgan fingerprint density at radius 3 is 2.28 bits per heavy atom. The van der Waals surface area contributed by atoms with E-state index in [9.17, 15) is 34.8 Å². The molecule has 0 aromatic heterocycles. The normalized spacial score (nSPS) is 18.6. The number of ether oxygens (including phenoxy) is 1. The van der Waals surface area contributed by atoms with Gasteiger partial charge in [-0.15, -0.1) is 0 Å². The summed E-state index contributed by atoms with van der Waals surface area (Å²) in [5.74, 6) is -1.60. The fraction of sp³-hybridized carbons (Fsp3) is 0.385. The van der Waals surface area contributed by atoms with Gasteiger partial charge in [-0.3, -0.25) is 0 Å². The van der Waals surface area contributed by atoms with Gasteiger partial charge in [-0.05, 0) is 24.6 Å². The molecule has 0 radical (unpaired) electrons. The maximum absolute atomic E-state index is 13.2. The summed E-state index contributed by atoms with van der Waals surface area (Å²) in [6.45, 7) is 1.19. The first-order valence-corrected chi connectivity index (χ1v) is 8.33. The zero-order valence-electron chi connectivity index (χ0n) is 12.2. The average Bonchev–Trinajstić information content (AvgIpc) is 2.44. The van der Waals surface area contributed by atoms with Crippen LogP contribution < -0.4 is 4.74 Å². The summed E-state index contributed by atoms with van der Waals surface area (Å²) in [7, 11) is -6.19. The van der Waals surface area contributed by atoms with Crippen LogP contribution in [0, 0.1) is 0 Å². The Hall–Kier alpha value is -1.62. The van der Waals surface area contributed by atoms with Crippen molar-refractivity contribution >= 4 is 27.5 Å². The highest BCUT2D eigenvalue weighted by Gasteiger charge is 2.52. The predicted octanol–water partition coefficient (Wildman–Crippen LogP) is 4.65. The molecular formula is C13H9ClF6O4S. The molecule has 0 bridgehead atoms. The van der Waals surface area contributed by atoms with E-state index < -0.39 is 57.0 Å². The minimum Gasteiger partial charge on any atom is -0.476 e. The fourth-order valence-electron chi connectivity index (χ4n) is 2.14. The molecule has 0 aliphatic carbocycles. The van der Waals surface area contributed by atoms with Gasteiger partial charge in [-0.1, -0.05) is 18.5 Å². The van der Waals surface area contributed by atoms with Crippen molar-refractivity contribution in [3.8, 4) is 5.75 Å². The summed E-state index contributed by atoms with van der Waals surface area (Å²) in [5.41, 5.74) is -7.03.